The van der Waals surface area contributed by atoms with Gasteiger partial charge in [-0.1, -0.05) is 6.07 Å². The molecule has 0 saturated carbocycles. The number of hydrogen-bond donors (Lipinski definition) is 2. The first-order chi connectivity index (χ1) is 15.0. The fraction of sp³-hybridized carbons (Fsp3) is 0.583. The molecule has 3 rings (SSSR count). The molecule has 0 spiro atoms. The predicted molar refractivity (Wildman–Crippen MR) is 138 cm³/mol. The molecular formula is C24H34FIN4OS. The van der Waals surface area contributed by atoms with Crippen molar-refractivity contribution in [2.24, 2.45) is 5.41 Å². The van der Waals surface area contributed by atoms with E-state index in [1.165, 1.54) is 7.76 Å². The molecule has 2 atom stereocenters. The summed E-state index contributed by atoms with van der Waals surface area (Å²) in [5.41, 5.74) is 1.18. The topological polar surface area (TPSA) is 57.3 Å². The molecule has 1 unspecified atom stereocenters. The van der Waals surface area contributed by atoms with E-state index in [1.54, 1.807) is 11.3 Å². The Kier molecular flexibility index (Phi) is 8.20. The van der Waals surface area contributed by atoms with Crippen LogP contribution in [-0.2, 0) is 12.0 Å². The highest BCUT2D eigenvalue weighted by molar-refractivity contribution is 14.1. The monoisotopic (exact) mass is 572 g/mol. The molecule has 8 heteroatoms. The Morgan fingerprint density at radius 1 is 1.31 bits per heavy atom. The number of carbonyl (C=O) groups excluding carboxylic acids is 1. The fourth-order valence-corrected chi connectivity index (χ4v) is 6.11. The third-order valence-electron chi connectivity index (χ3n) is 6.51. The maximum Gasteiger partial charge on any atom is 0.317 e. The van der Waals surface area contributed by atoms with E-state index in [4.69, 9.17) is 0 Å². The molecule has 0 bridgehead atoms. The van der Waals surface area contributed by atoms with Crippen molar-refractivity contribution in [2.75, 3.05) is 13.1 Å². The summed E-state index contributed by atoms with van der Waals surface area (Å²) in [6.07, 6.45) is 2.69. The van der Waals surface area contributed by atoms with Crippen LogP contribution in [0.1, 0.15) is 56.7 Å². The van der Waals surface area contributed by atoms with E-state index < -0.39 is 17.7 Å². The molecule has 3 heterocycles. The van der Waals surface area contributed by atoms with Crippen LogP contribution in [0.2, 0.25) is 0 Å². The molecule has 1 aliphatic rings. The lowest BCUT2D eigenvalue weighted by Gasteiger charge is -2.39. The van der Waals surface area contributed by atoms with E-state index >= 15 is 4.39 Å². The molecule has 5 nitrogen and oxygen atoms in total. The van der Waals surface area contributed by atoms with Gasteiger partial charge >= 0.3 is 6.03 Å². The summed E-state index contributed by atoms with van der Waals surface area (Å²) in [7, 11) is 0. The highest BCUT2D eigenvalue weighted by atomic mass is 127. The second-order valence-electron chi connectivity index (χ2n) is 9.62. The van der Waals surface area contributed by atoms with Crippen LogP contribution < -0.4 is 10.6 Å². The van der Waals surface area contributed by atoms with Crippen LogP contribution in [0.3, 0.4) is 0 Å². The minimum atomic E-state index is -1.42. The number of nitrogens with one attached hydrogen (secondary N) is 2. The predicted octanol–water partition coefficient (Wildman–Crippen LogP) is 5.62. The number of likely N-dealkylation sites (tertiary alicyclic amines) is 1. The van der Waals surface area contributed by atoms with Gasteiger partial charge in [0.2, 0.25) is 0 Å². The third-order valence-corrected chi connectivity index (χ3v) is 8.46. The standard InChI is InChI=1S/C24H34FIN4OS/c1-16(2)28-22(31)29-21(25)24(11-10-19-8-9-20(26)32-19)12-13-30(15-24)23(4,5)18-7-6-17(3)27-14-18/h6-9,14,16,21H,10-13,15H2,1-5H3,(H2,28,29,31)/t21-,24?/m1/s1. The number of thiophene rings is 1. The Bertz CT molecular complexity index is 917. The van der Waals surface area contributed by atoms with E-state index in [0.29, 0.717) is 19.4 Å². The second-order valence-corrected chi connectivity index (χ2v) is 12.7. The van der Waals surface area contributed by atoms with E-state index in [-0.39, 0.29) is 11.6 Å². The highest BCUT2D eigenvalue weighted by Gasteiger charge is 2.49. The van der Waals surface area contributed by atoms with Gasteiger partial charge in [0.25, 0.3) is 0 Å². The Balaban J connectivity index is 1.80. The Morgan fingerprint density at radius 3 is 2.66 bits per heavy atom. The Labute approximate surface area is 208 Å². The molecule has 2 N–H and O–H groups in total. The lowest BCUT2D eigenvalue weighted by molar-refractivity contribution is 0.0580. The van der Waals surface area contributed by atoms with Crippen LogP contribution >= 0.6 is 33.9 Å². The third kappa shape index (κ3) is 5.99. The first kappa shape index (κ1) is 25.4. The molecule has 1 aliphatic heterocycles. The van der Waals surface area contributed by atoms with Crippen molar-refractivity contribution in [3.8, 4) is 0 Å². The molecule has 1 fully saturated rings. The molecule has 2 aromatic rings. The molecule has 32 heavy (non-hydrogen) atoms. The number of amides is 2. The Hall–Kier alpha value is -1.26. The number of nitrogens with zero attached hydrogens (tertiary/aromatic N) is 2. The summed E-state index contributed by atoms with van der Waals surface area (Å²) in [5.74, 6) is 0. The van der Waals surface area contributed by atoms with Gasteiger partial charge in [0.1, 0.15) is 0 Å². The van der Waals surface area contributed by atoms with Crippen molar-refractivity contribution >= 4 is 40.0 Å². The van der Waals surface area contributed by atoms with Crippen molar-refractivity contribution in [1.29, 1.82) is 0 Å². The average molecular weight is 573 g/mol. The van der Waals surface area contributed by atoms with Gasteiger partial charge in [-0.05, 0) is 107 Å². The van der Waals surface area contributed by atoms with Gasteiger partial charge < -0.3 is 10.6 Å². The van der Waals surface area contributed by atoms with Crippen molar-refractivity contribution in [3.63, 3.8) is 0 Å². The lowest BCUT2D eigenvalue weighted by atomic mass is 9.80. The number of hydrogen-bond acceptors (Lipinski definition) is 4. The summed E-state index contributed by atoms with van der Waals surface area (Å²) in [4.78, 5) is 20.4. The smallest absolute Gasteiger partial charge is 0.317 e. The minimum absolute atomic E-state index is 0.0422. The zero-order valence-electron chi connectivity index (χ0n) is 19.5. The number of aryl methyl sites for hydroxylation is 2. The van der Waals surface area contributed by atoms with Gasteiger partial charge in [0, 0.05) is 40.3 Å². The molecular weight excluding hydrogens is 538 g/mol. The minimum Gasteiger partial charge on any atom is -0.336 e. The molecule has 176 valence electrons. The van der Waals surface area contributed by atoms with Gasteiger partial charge in [0.05, 0.1) is 2.88 Å². The zero-order valence-corrected chi connectivity index (χ0v) is 22.5. The van der Waals surface area contributed by atoms with Gasteiger partial charge in [-0.25, -0.2) is 9.18 Å². The van der Waals surface area contributed by atoms with Crippen LogP contribution in [0.15, 0.2) is 30.5 Å². The Morgan fingerprint density at radius 2 is 2.06 bits per heavy atom. The van der Waals surface area contributed by atoms with E-state index in [0.717, 1.165) is 24.2 Å². The first-order valence-electron chi connectivity index (χ1n) is 11.2. The SMILES string of the molecule is Cc1ccc(C(C)(C)N2CCC(CCc3ccc(I)s3)([C@H](F)NC(=O)NC(C)C)C2)cn1. The van der Waals surface area contributed by atoms with Crippen LogP contribution in [0.5, 0.6) is 0 Å². The lowest BCUT2D eigenvalue weighted by Crippen LogP contribution is -2.52. The maximum absolute atomic E-state index is 15.8. The summed E-state index contributed by atoms with van der Waals surface area (Å²) in [5, 5.41) is 5.35. The van der Waals surface area contributed by atoms with Crippen molar-refractivity contribution in [3.05, 3.63) is 49.5 Å². The van der Waals surface area contributed by atoms with E-state index in [9.17, 15) is 4.79 Å². The average Bonchev–Trinajstić information content (AvgIpc) is 3.33. The number of rotatable bonds is 8. The maximum atomic E-state index is 15.8. The van der Waals surface area contributed by atoms with E-state index in [1.807, 2.05) is 33.0 Å². The van der Waals surface area contributed by atoms with Crippen LogP contribution in [0, 0.1) is 15.2 Å². The number of carbonyl (C=O) groups is 1. The van der Waals surface area contributed by atoms with Gasteiger partial charge in [-0.2, -0.15) is 0 Å². The van der Waals surface area contributed by atoms with Crippen molar-refractivity contribution < 1.29 is 9.18 Å². The van der Waals surface area contributed by atoms with Crippen LogP contribution in [-0.4, -0.2) is 41.3 Å². The number of aromatic nitrogens is 1. The number of halogens is 2. The second kappa shape index (κ2) is 10.3. The number of alkyl halides is 1. The fourth-order valence-electron chi connectivity index (χ4n) is 4.35. The van der Waals surface area contributed by atoms with Gasteiger partial charge in [0.15, 0.2) is 6.30 Å². The molecule has 0 aliphatic carbocycles. The number of pyridine rings is 1. The molecule has 2 amide bonds. The normalized spacial score (nSPS) is 20.5. The molecule has 1 saturated heterocycles. The van der Waals surface area contributed by atoms with Crippen LogP contribution in [0.25, 0.3) is 0 Å². The summed E-state index contributed by atoms with van der Waals surface area (Å²) >= 11 is 4.07. The van der Waals surface area contributed by atoms with Gasteiger partial charge in [-0.15, -0.1) is 11.3 Å². The zero-order chi connectivity index (χ0) is 23.5. The molecule has 2 aromatic heterocycles. The van der Waals surface area contributed by atoms with Crippen molar-refractivity contribution in [1.82, 2.24) is 20.5 Å². The van der Waals surface area contributed by atoms with Crippen molar-refractivity contribution in [2.45, 2.75) is 71.8 Å². The largest absolute Gasteiger partial charge is 0.336 e. The molecule has 0 radical (unpaired) electrons. The quantitative estimate of drug-likeness (QED) is 0.319. The summed E-state index contributed by atoms with van der Waals surface area (Å²) < 4.78 is 17.0. The highest BCUT2D eigenvalue weighted by Crippen LogP contribution is 2.44. The van der Waals surface area contributed by atoms with Crippen LogP contribution in [0.4, 0.5) is 9.18 Å². The first-order valence-corrected chi connectivity index (χ1v) is 13.0. The summed E-state index contributed by atoms with van der Waals surface area (Å²) in [6.45, 7) is 11.4. The van der Waals surface area contributed by atoms with E-state index in [2.05, 4.69) is 75.2 Å². The van der Waals surface area contributed by atoms with Gasteiger partial charge in [-0.3, -0.25) is 9.88 Å². The molecule has 0 aromatic carbocycles. The number of urea groups is 1. The summed E-state index contributed by atoms with van der Waals surface area (Å²) in [6, 6.07) is 7.87.